The van der Waals surface area contributed by atoms with E-state index in [1.54, 1.807) is 18.3 Å². The van der Waals surface area contributed by atoms with E-state index in [2.05, 4.69) is 21.6 Å². The summed E-state index contributed by atoms with van der Waals surface area (Å²) < 4.78 is 11.2. The van der Waals surface area contributed by atoms with Crippen LogP contribution in [0, 0.1) is 11.3 Å². The fourth-order valence-electron chi connectivity index (χ4n) is 2.47. The van der Waals surface area contributed by atoms with Crippen molar-refractivity contribution < 1.29 is 9.47 Å². The second kappa shape index (κ2) is 7.25. The largest absolute Gasteiger partial charge is 0.486 e. The van der Waals surface area contributed by atoms with E-state index in [0.29, 0.717) is 23.9 Å². The van der Waals surface area contributed by atoms with E-state index in [9.17, 15) is 0 Å². The van der Waals surface area contributed by atoms with Crippen LogP contribution in [-0.4, -0.2) is 24.4 Å². The number of hydrogen-bond acceptors (Lipinski definition) is 7. The molecule has 2 aromatic carbocycles. The molecule has 6 nitrogen and oxygen atoms in total. The third-order valence-electron chi connectivity index (χ3n) is 3.76. The average molecular weight is 362 g/mol. The van der Waals surface area contributed by atoms with Crippen molar-refractivity contribution in [1.82, 2.24) is 4.98 Å². The summed E-state index contributed by atoms with van der Waals surface area (Å²) >= 11 is 1.47. The molecule has 7 heteroatoms. The molecule has 1 aromatic heterocycles. The van der Waals surface area contributed by atoms with Gasteiger partial charge in [0, 0.05) is 10.9 Å². The lowest BCUT2D eigenvalue weighted by Crippen LogP contribution is -2.15. The van der Waals surface area contributed by atoms with Gasteiger partial charge in [0.1, 0.15) is 13.2 Å². The van der Waals surface area contributed by atoms with Gasteiger partial charge in [0.05, 0.1) is 23.5 Å². The second-order valence-electron chi connectivity index (χ2n) is 5.50. The first-order valence-corrected chi connectivity index (χ1v) is 8.84. The lowest BCUT2D eigenvalue weighted by atomic mass is 10.1. The zero-order valence-corrected chi connectivity index (χ0v) is 14.5. The van der Waals surface area contributed by atoms with Crippen LogP contribution >= 0.6 is 11.3 Å². The van der Waals surface area contributed by atoms with Gasteiger partial charge in [-0.2, -0.15) is 10.4 Å². The zero-order valence-electron chi connectivity index (χ0n) is 13.7. The predicted molar refractivity (Wildman–Crippen MR) is 101 cm³/mol. The summed E-state index contributed by atoms with van der Waals surface area (Å²) in [5.74, 6) is 1.51. The fraction of sp³-hybridized carbons (Fsp3) is 0.105. The van der Waals surface area contributed by atoms with Gasteiger partial charge >= 0.3 is 0 Å². The number of hydrogen-bond donors (Lipinski definition) is 1. The number of aromatic nitrogens is 1. The van der Waals surface area contributed by atoms with Crippen LogP contribution in [-0.2, 0) is 0 Å². The maximum Gasteiger partial charge on any atom is 0.203 e. The summed E-state index contributed by atoms with van der Waals surface area (Å²) in [6.07, 6.45) is 1.69. The smallest absolute Gasteiger partial charge is 0.203 e. The van der Waals surface area contributed by atoms with Crippen molar-refractivity contribution in [3.8, 4) is 28.8 Å². The number of thiazole rings is 1. The van der Waals surface area contributed by atoms with Gasteiger partial charge in [-0.15, -0.1) is 11.3 Å². The van der Waals surface area contributed by atoms with Crippen molar-refractivity contribution in [2.24, 2.45) is 5.10 Å². The Kier molecular flexibility index (Phi) is 4.50. The molecule has 128 valence electrons. The number of benzene rings is 2. The van der Waals surface area contributed by atoms with Crippen LogP contribution in [0.4, 0.5) is 5.13 Å². The zero-order chi connectivity index (χ0) is 17.8. The summed E-state index contributed by atoms with van der Waals surface area (Å²) in [6.45, 7) is 1.14. The number of hydrazone groups is 1. The molecule has 1 aliphatic heterocycles. The summed E-state index contributed by atoms with van der Waals surface area (Å²) in [6, 6.07) is 15.1. The van der Waals surface area contributed by atoms with Crippen LogP contribution in [0.15, 0.2) is 52.9 Å². The van der Waals surface area contributed by atoms with Crippen molar-refractivity contribution in [1.29, 1.82) is 5.26 Å². The van der Waals surface area contributed by atoms with E-state index >= 15 is 0 Å². The van der Waals surface area contributed by atoms with Crippen molar-refractivity contribution >= 4 is 22.7 Å². The third kappa shape index (κ3) is 3.50. The van der Waals surface area contributed by atoms with Crippen LogP contribution in [0.3, 0.4) is 0 Å². The third-order valence-corrected chi connectivity index (χ3v) is 4.50. The Morgan fingerprint density at radius 3 is 2.73 bits per heavy atom. The van der Waals surface area contributed by atoms with Crippen LogP contribution < -0.4 is 14.9 Å². The van der Waals surface area contributed by atoms with E-state index < -0.39 is 0 Å². The van der Waals surface area contributed by atoms with Gasteiger partial charge in [-0.1, -0.05) is 12.1 Å². The molecule has 0 saturated carbocycles. The summed E-state index contributed by atoms with van der Waals surface area (Å²) in [4.78, 5) is 4.54. The Balaban J connectivity index is 1.44. The first kappa shape index (κ1) is 16.1. The Labute approximate surface area is 154 Å². The van der Waals surface area contributed by atoms with Crippen molar-refractivity contribution in [3.05, 3.63) is 59.0 Å². The summed E-state index contributed by atoms with van der Waals surface area (Å²) in [7, 11) is 0. The molecule has 3 aromatic rings. The lowest BCUT2D eigenvalue weighted by molar-refractivity contribution is 0.171. The second-order valence-corrected chi connectivity index (χ2v) is 6.36. The van der Waals surface area contributed by atoms with Gasteiger partial charge in [-0.3, -0.25) is 5.43 Å². The predicted octanol–water partition coefficient (Wildman–Crippen LogP) is 3.90. The minimum absolute atomic E-state index is 0.560. The summed E-state index contributed by atoms with van der Waals surface area (Å²) in [5.41, 5.74) is 6.27. The summed E-state index contributed by atoms with van der Waals surface area (Å²) in [5, 5.41) is 15.6. The van der Waals surface area contributed by atoms with Crippen molar-refractivity contribution in [3.63, 3.8) is 0 Å². The maximum absolute atomic E-state index is 8.80. The van der Waals surface area contributed by atoms with Gasteiger partial charge in [0.25, 0.3) is 0 Å². The van der Waals surface area contributed by atoms with Crippen molar-refractivity contribution in [2.75, 3.05) is 18.6 Å². The molecule has 0 fully saturated rings. The average Bonchev–Trinajstić information content (AvgIpc) is 3.17. The van der Waals surface area contributed by atoms with Crippen LogP contribution in [0.5, 0.6) is 11.5 Å². The lowest BCUT2D eigenvalue weighted by Gasteiger charge is -2.18. The molecular formula is C19H14N4O2S. The number of nitriles is 1. The monoisotopic (exact) mass is 362 g/mol. The molecule has 0 spiro atoms. The molecule has 0 unspecified atom stereocenters. The Bertz CT molecular complexity index is 990. The molecular weight excluding hydrogens is 348 g/mol. The van der Waals surface area contributed by atoms with Crippen LogP contribution in [0.25, 0.3) is 11.3 Å². The number of nitrogens with zero attached hydrogens (tertiary/aromatic N) is 3. The molecule has 0 amide bonds. The topological polar surface area (TPSA) is 79.5 Å². The van der Waals surface area contributed by atoms with Gasteiger partial charge < -0.3 is 9.47 Å². The molecule has 4 rings (SSSR count). The molecule has 1 aliphatic rings. The quantitative estimate of drug-likeness (QED) is 0.562. The molecule has 1 N–H and O–H groups in total. The number of rotatable bonds is 4. The Morgan fingerprint density at radius 2 is 1.92 bits per heavy atom. The van der Waals surface area contributed by atoms with E-state index in [4.69, 9.17) is 14.7 Å². The number of fused-ring (bicyclic) bond motifs is 1. The van der Waals surface area contributed by atoms with Gasteiger partial charge in [0.2, 0.25) is 5.13 Å². The molecule has 26 heavy (non-hydrogen) atoms. The van der Waals surface area contributed by atoms with Gasteiger partial charge in [-0.25, -0.2) is 4.98 Å². The minimum Gasteiger partial charge on any atom is -0.486 e. The molecule has 0 aliphatic carbocycles. The first-order chi connectivity index (χ1) is 12.8. The minimum atomic E-state index is 0.560. The normalized spacial score (nSPS) is 12.7. The molecule has 0 radical (unpaired) electrons. The standard InChI is InChI=1S/C19H14N4O2S/c20-10-13-1-3-14(4-2-13)11-21-23-19-22-16(12-26-19)15-5-6-17-18(9-15)25-8-7-24-17/h1-6,9,11-12H,7-8H2,(H,22,23)/b21-11-. The fourth-order valence-corrected chi connectivity index (χ4v) is 3.13. The maximum atomic E-state index is 8.80. The molecule has 2 heterocycles. The van der Waals surface area contributed by atoms with Gasteiger partial charge in [0.15, 0.2) is 11.5 Å². The highest BCUT2D eigenvalue weighted by molar-refractivity contribution is 7.14. The highest BCUT2D eigenvalue weighted by atomic mass is 32.1. The van der Waals surface area contributed by atoms with Crippen LogP contribution in [0.2, 0.25) is 0 Å². The molecule has 0 saturated heterocycles. The van der Waals surface area contributed by atoms with E-state index in [1.165, 1.54) is 11.3 Å². The van der Waals surface area contributed by atoms with Crippen molar-refractivity contribution in [2.45, 2.75) is 0 Å². The van der Waals surface area contributed by atoms with E-state index in [0.717, 1.165) is 28.3 Å². The first-order valence-electron chi connectivity index (χ1n) is 7.96. The SMILES string of the molecule is N#Cc1ccc(/C=N\Nc2nc(-c3ccc4c(c3)OCCO4)cs2)cc1. The highest BCUT2D eigenvalue weighted by Gasteiger charge is 2.13. The highest BCUT2D eigenvalue weighted by Crippen LogP contribution is 2.35. The number of ether oxygens (including phenoxy) is 2. The Morgan fingerprint density at radius 1 is 1.12 bits per heavy atom. The van der Waals surface area contributed by atoms with E-state index in [1.807, 2.05) is 35.7 Å². The number of nitrogens with one attached hydrogen (secondary N) is 1. The van der Waals surface area contributed by atoms with E-state index in [-0.39, 0.29) is 0 Å². The van der Waals surface area contributed by atoms with Gasteiger partial charge in [-0.05, 0) is 35.9 Å². The molecule has 0 bridgehead atoms. The van der Waals surface area contributed by atoms with Crippen LogP contribution in [0.1, 0.15) is 11.1 Å². The molecule has 0 atom stereocenters. The Hall–Kier alpha value is -3.37. The number of anilines is 1.